The van der Waals surface area contributed by atoms with E-state index in [0.29, 0.717) is 11.4 Å². The van der Waals surface area contributed by atoms with E-state index >= 15 is 0 Å². The van der Waals surface area contributed by atoms with Gasteiger partial charge in [0, 0.05) is 20.0 Å². The molecule has 2 amide bonds. The first-order chi connectivity index (χ1) is 15.5. The predicted molar refractivity (Wildman–Crippen MR) is 120 cm³/mol. The molecule has 0 spiro atoms. The summed E-state index contributed by atoms with van der Waals surface area (Å²) in [5.74, 6) is 0.0254. The van der Waals surface area contributed by atoms with Gasteiger partial charge in [0.15, 0.2) is 0 Å². The lowest BCUT2D eigenvalue weighted by Crippen LogP contribution is -2.49. The number of rotatable bonds is 7. The fraction of sp³-hybridized carbons (Fsp3) is 0.565. The number of carbonyl (C=O) groups is 2. The van der Waals surface area contributed by atoms with Gasteiger partial charge in [0.25, 0.3) is 0 Å². The maximum Gasteiger partial charge on any atom is 0.248 e. The smallest absolute Gasteiger partial charge is 0.248 e. The van der Waals surface area contributed by atoms with Crippen LogP contribution in [-0.2, 0) is 16.2 Å². The van der Waals surface area contributed by atoms with Crippen molar-refractivity contribution in [1.29, 1.82) is 0 Å². The fourth-order valence-corrected chi connectivity index (χ4v) is 4.02. The molecule has 10 nitrogen and oxygen atoms in total. The minimum Gasteiger partial charge on any atom is -0.487 e. The van der Waals surface area contributed by atoms with Crippen molar-refractivity contribution in [2.24, 2.45) is 5.41 Å². The summed E-state index contributed by atoms with van der Waals surface area (Å²) in [6.07, 6.45) is 0.564. The molecule has 180 valence electrons. The lowest BCUT2D eigenvalue weighted by atomic mass is 9.85. The molecule has 1 aromatic carbocycles. The molecule has 4 atom stereocenters. The number of hydrogen-bond acceptors (Lipinski definition) is 7. The Labute approximate surface area is 193 Å². The number of benzene rings is 1. The summed E-state index contributed by atoms with van der Waals surface area (Å²) in [6.45, 7) is 7.69. The summed E-state index contributed by atoms with van der Waals surface area (Å²) in [6, 6.07) is 5.67. The molecule has 1 aromatic heterocycles. The van der Waals surface area contributed by atoms with Crippen molar-refractivity contribution >= 4 is 11.8 Å². The molecule has 3 unspecified atom stereocenters. The minimum absolute atomic E-state index is 0.0939. The maximum atomic E-state index is 13.5. The molecule has 2 heterocycles. The van der Waals surface area contributed by atoms with Gasteiger partial charge in [-0.2, -0.15) is 0 Å². The molecule has 1 aliphatic heterocycles. The molecule has 1 aliphatic rings. The highest BCUT2D eigenvalue weighted by molar-refractivity contribution is 5.90. The van der Waals surface area contributed by atoms with Crippen molar-refractivity contribution in [2.45, 2.75) is 65.0 Å². The highest BCUT2D eigenvalue weighted by Crippen LogP contribution is 2.34. The normalized spacial score (nSPS) is 20.4. The third kappa shape index (κ3) is 5.69. The number of aliphatic hydroxyl groups is 2. The molecular weight excluding hydrogens is 426 g/mol. The first-order valence-corrected chi connectivity index (χ1v) is 11.0. The van der Waals surface area contributed by atoms with Gasteiger partial charge in [-0.05, 0) is 30.0 Å². The van der Waals surface area contributed by atoms with Gasteiger partial charge in [0.05, 0.1) is 18.4 Å². The van der Waals surface area contributed by atoms with Gasteiger partial charge in [-0.15, -0.1) is 5.10 Å². The number of β-amino-alcohol motifs (C(OH)–C–C–N with tert-alkyl or cyclic N) is 1. The van der Waals surface area contributed by atoms with Crippen molar-refractivity contribution in [1.82, 2.24) is 25.2 Å². The van der Waals surface area contributed by atoms with E-state index in [9.17, 15) is 19.8 Å². The molecule has 0 aliphatic carbocycles. The third-order valence-corrected chi connectivity index (χ3v) is 5.74. The Morgan fingerprint density at radius 2 is 1.94 bits per heavy atom. The Kier molecular flexibility index (Phi) is 7.38. The first-order valence-electron chi connectivity index (χ1n) is 11.0. The van der Waals surface area contributed by atoms with Crippen LogP contribution in [0.1, 0.15) is 57.5 Å². The summed E-state index contributed by atoms with van der Waals surface area (Å²) in [5.41, 5.74) is 0.809. The number of likely N-dealkylation sites (tertiary alicyclic amines) is 1. The van der Waals surface area contributed by atoms with E-state index < -0.39 is 29.7 Å². The Bertz CT molecular complexity index is 966. The molecule has 1 fully saturated rings. The van der Waals surface area contributed by atoms with Crippen LogP contribution in [0.4, 0.5) is 0 Å². The van der Waals surface area contributed by atoms with E-state index in [2.05, 4.69) is 15.6 Å². The Morgan fingerprint density at radius 3 is 2.52 bits per heavy atom. The molecule has 0 saturated carbocycles. The van der Waals surface area contributed by atoms with Crippen LogP contribution in [0.2, 0.25) is 0 Å². The zero-order valence-corrected chi connectivity index (χ0v) is 19.7. The van der Waals surface area contributed by atoms with Gasteiger partial charge in [-0.3, -0.25) is 9.59 Å². The SMILES string of the molecule is CNC(=O)C1CC(O)CN1C(=O)[C@@H](n1cc(COc2ccc(C(C)O)cc2)nn1)C(C)(C)C. The number of amides is 2. The van der Waals surface area contributed by atoms with Gasteiger partial charge < -0.3 is 25.2 Å². The van der Waals surface area contributed by atoms with E-state index in [1.807, 2.05) is 20.8 Å². The zero-order chi connectivity index (χ0) is 24.3. The van der Waals surface area contributed by atoms with Crippen molar-refractivity contribution < 1.29 is 24.5 Å². The van der Waals surface area contributed by atoms with E-state index in [1.165, 1.54) is 16.6 Å². The van der Waals surface area contributed by atoms with Crippen molar-refractivity contribution in [2.75, 3.05) is 13.6 Å². The van der Waals surface area contributed by atoms with E-state index in [-0.39, 0.29) is 31.4 Å². The second-order valence-electron chi connectivity index (χ2n) is 9.50. The van der Waals surface area contributed by atoms with Crippen LogP contribution in [0.25, 0.3) is 0 Å². The second kappa shape index (κ2) is 9.88. The minimum atomic E-state index is -0.753. The van der Waals surface area contributed by atoms with Gasteiger partial charge in [0.2, 0.25) is 11.8 Å². The number of aliphatic hydroxyl groups excluding tert-OH is 2. The molecule has 0 bridgehead atoms. The maximum absolute atomic E-state index is 13.5. The fourth-order valence-electron chi connectivity index (χ4n) is 4.02. The molecule has 3 rings (SSSR count). The van der Waals surface area contributed by atoms with Crippen LogP contribution in [0.3, 0.4) is 0 Å². The molecule has 10 heteroatoms. The molecular formula is C23H33N5O5. The number of aromatic nitrogens is 3. The number of nitrogens with one attached hydrogen (secondary N) is 1. The van der Waals surface area contributed by atoms with E-state index in [4.69, 9.17) is 4.74 Å². The predicted octanol–water partition coefficient (Wildman–Crippen LogP) is 1.21. The summed E-state index contributed by atoms with van der Waals surface area (Å²) >= 11 is 0. The second-order valence-corrected chi connectivity index (χ2v) is 9.50. The van der Waals surface area contributed by atoms with Crippen LogP contribution in [-0.4, -0.2) is 67.7 Å². The van der Waals surface area contributed by atoms with Crippen LogP contribution < -0.4 is 10.1 Å². The number of likely N-dealkylation sites (N-methyl/N-ethyl adjacent to an activating group) is 1. The van der Waals surface area contributed by atoms with Crippen molar-refractivity contribution in [3.63, 3.8) is 0 Å². The standard InChI is InChI=1S/C23H33N5O5/c1-14(29)15-6-8-18(9-7-15)33-13-16-11-28(26-25-16)20(23(2,3)4)22(32)27-12-17(30)10-19(27)21(31)24-5/h6-9,11,14,17,19-20,29-30H,10,12-13H2,1-5H3,(H,24,31)/t14?,17?,19?,20-/m1/s1. The van der Waals surface area contributed by atoms with Crippen LogP contribution in [0.15, 0.2) is 30.5 Å². The van der Waals surface area contributed by atoms with Crippen molar-refractivity contribution in [3.8, 4) is 5.75 Å². The monoisotopic (exact) mass is 459 g/mol. The van der Waals surface area contributed by atoms with Crippen LogP contribution >= 0.6 is 0 Å². The molecule has 3 N–H and O–H groups in total. The Morgan fingerprint density at radius 1 is 1.27 bits per heavy atom. The molecule has 0 radical (unpaired) electrons. The molecule has 2 aromatic rings. The zero-order valence-electron chi connectivity index (χ0n) is 19.7. The van der Waals surface area contributed by atoms with Gasteiger partial charge in [-0.25, -0.2) is 4.68 Å². The Hall–Kier alpha value is -2.98. The molecule has 33 heavy (non-hydrogen) atoms. The highest BCUT2D eigenvalue weighted by atomic mass is 16.5. The number of hydrogen-bond donors (Lipinski definition) is 3. The number of ether oxygens (including phenoxy) is 1. The van der Waals surface area contributed by atoms with Crippen LogP contribution in [0.5, 0.6) is 5.75 Å². The van der Waals surface area contributed by atoms with Crippen molar-refractivity contribution in [3.05, 3.63) is 41.7 Å². The van der Waals surface area contributed by atoms with E-state index in [1.54, 1.807) is 37.4 Å². The first kappa shape index (κ1) is 24.7. The highest BCUT2D eigenvalue weighted by Gasteiger charge is 2.45. The number of nitrogens with zero attached hydrogens (tertiary/aromatic N) is 4. The average molecular weight is 460 g/mol. The summed E-state index contributed by atoms with van der Waals surface area (Å²) in [7, 11) is 1.51. The van der Waals surface area contributed by atoms with Crippen LogP contribution in [0, 0.1) is 5.41 Å². The molecule has 1 saturated heterocycles. The average Bonchev–Trinajstić information content (AvgIpc) is 3.37. The summed E-state index contributed by atoms with van der Waals surface area (Å²) in [5, 5.41) is 30.6. The number of carbonyl (C=O) groups excluding carboxylic acids is 2. The Balaban J connectivity index is 1.76. The summed E-state index contributed by atoms with van der Waals surface area (Å²) in [4.78, 5) is 27.3. The summed E-state index contributed by atoms with van der Waals surface area (Å²) < 4.78 is 7.27. The lowest BCUT2D eigenvalue weighted by molar-refractivity contribution is -0.144. The third-order valence-electron chi connectivity index (χ3n) is 5.74. The van der Waals surface area contributed by atoms with Gasteiger partial charge >= 0.3 is 0 Å². The quantitative estimate of drug-likeness (QED) is 0.567. The largest absolute Gasteiger partial charge is 0.487 e. The van der Waals surface area contributed by atoms with Gasteiger partial charge in [0.1, 0.15) is 30.1 Å². The van der Waals surface area contributed by atoms with E-state index in [0.717, 1.165) is 5.56 Å². The topological polar surface area (TPSA) is 130 Å². The van der Waals surface area contributed by atoms with Gasteiger partial charge in [-0.1, -0.05) is 38.1 Å². The lowest BCUT2D eigenvalue weighted by Gasteiger charge is -2.34.